The lowest BCUT2D eigenvalue weighted by atomic mass is 10.00. The van der Waals surface area contributed by atoms with Crippen LogP contribution in [0.3, 0.4) is 0 Å². The van der Waals surface area contributed by atoms with E-state index in [1.807, 2.05) is 4.90 Å². The zero-order valence-electron chi connectivity index (χ0n) is 13.3. The van der Waals surface area contributed by atoms with Crippen LogP contribution in [0.1, 0.15) is 26.2 Å². The van der Waals surface area contributed by atoms with Crippen LogP contribution in [0.5, 0.6) is 0 Å². The Morgan fingerprint density at radius 1 is 1.22 bits per heavy atom. The molecule has 3 rings (SSSR count). The summed E-state index contributed by atoms with van der Waals surface area (Å²) < 4.78 is 13.0. The molecule has 0 bridgehead atoms. The van der Waals surface area contributed by atoms with Crippen molar-refractivity contribution in [3.63, 3.8) is 0 Å². The van der Waals surface area contributed by atoms with E-state index < -0.39 is 0 Å². The van der Waals surface area contributed by atoms with Crippen molar-refractivity contribution in [2.45, 2.75) is 32.2 Å². The number of nitrogens with zero attached hydrogens (tertiary/aromatic N) is 2. The minimum absolute atomic E-state index is 0.0471. The topological polar surface area (TPSA) is 52.7 Å². The van der Waals surface area contributed by atoms with Crippen LogP contribution in [0, 0.1) is 11.7 Å². The summed E-state index contributed by atoms with van der Waals surface area (Å²) in [6.45, 7) is 4.18. The van der Waals surface area contributed by atoms with Crippen LogP contribution in [-0.4, -0.2) is 42.5 Å². The number of carbonyl (C=O) groups is 2. The molecule has 2 heterocycles. The van der Waals surface area contributed by atoms with Crippen molar-refractivity contribution in [1.29, 1.82) is 0 Å². The molecule has 5 nitrogen and oxygen atoms in total. The molecule has 124 valence electrons. The number of carbonyl (C=O) groups excluding carboxylic acids is 2. The van der Waals surface area contributed by atoms with Crippen LogP contribution >= 0.6 is 0 Å². The molecule has 0 saturated carbocycles. The number of halogens is 1. The summed E-state index contributed by atoms with van der Waals surface area (Å²) in [5.74, 6) is 0.292. The maximum Gasteiger partial charge on any atom is 0.317 e. The van der Waals surface area contributed by atoms with Gasteiger partial charge in [-0.3, -0.25) is 4.79 Å². The SMILES string of the molecule is CC1CCN(C(=O)NC2CC(=O)N(c3ccc(F)cc3)C2)CC1. The Labute approximate surface area is 135 Å². The van der Waals surface area contributed by atoms with Gasteiger partial charge in [-0.15, -0.1) is 0 Å². The molecule has 1 aromatic carbocycles. The highest BCUT2D eigenvalue weighted by Gasteiger charge is 2.32. The molecule has 1 atom stereocenters. The standard InChI is InChI=1S/C17H22FN3O2/c1-12-6-8-20(9-7-12)17(23)19-14-10-16(22)21(11-14)15-4-2-13(18)3-5-15/h2-5,12,14H,6-11H2,1H3,(H,19,23). The Kier molecular flexibility index (Phi) is 4.50. The van der Waals surface area contributed by atoms with Gasteiger partial charge in [-0.25, -0.2) is 9.18 Å². The number of hydrogen-bond acceptors (Lipinski definition) is 2. The minimum Gasteiger partial charge on any atom is -0.333 e. The van der Waals surface area contributed by atoms with Gasteiger partial charge in [0.2, 0.25) is 5.91 Å². The van der Waals surface area contributed by atoms with Crippen LogP contribution in [0.2, 0.25) is 0 Å². The van der Waals surface area contributed by atoms with Gasteiger partial charge >= 0.3 is 6.03 Å². The number of benzene rings is 1. The van der Waals surface area contributed by atoms with E-state index in [2.05, 4.69) is 12.2 Å². The Bertz CT molecular complexity index is 582. The fraction of sp³-hybridized carbons (Fsp3) is 0.529. The lowest BCUT2D eigenvalue weighted by Gasteiger charge is -2.31. The molecule has 1 unspecified atom stereocenters. The van der Waals surface area contributed by atoms with Crippen molar-refractivity contribution in [3.8, 4) is 0 Å². The molecular weight excluding hydrogens is 297 g/mol. The maximum atomic E-state index is 13.0. The van der Waals surface area contributed by atoms with E-state index in [0.717, 1.165) is 25.9 Å². The highest BCUT2D eigenvalue weighted by molar-refractivity contribution is 5.96. The van der Waals surface area contributed by atoms with Crippen LogP contribution in [0.25, 0.3) is 0 Å². The molecule has 6 heteroatoms. The molecule has 23 heavy (non-hydrogen) atoms. The Balaban J connectivity index is 1.57. The number of nitrogens with one attached hydrogen (secondary N) is 1. The summed E-state index contributed by atoms with van der Waals surface area (Å²) >= 11 is 0. The Hall–Kier alpha value is -2.11. The fourth-order valence-corrected chi connectivity index (χ4v) is 3.15. The highest BCUT2D eigenvalue weighted by Crippen LogP contribution is 2.22. The van der Waals surface area contributed by atoms with Crippen LogP contribution < -0.4 is 10.2 Å². The third-order valence-corrected chi connectivity index (χ3v) is 4.66. The number of rotatable bonds is 2. The van der Waals surface area contributed by atoms with E-state index >= 15 is 0 Å². The average Bonchev–Trinajstić information content (AvgIpc) is 2.89. The first-order valence-corrected chi connectivity index (χ1v) is 8.14. The van der Waals surface area contributed by atoms with Gasteiger partial charge in [-0.05, 0) is 43.0 Å². The van der Waals surface area contributed by atoms with Gasteiger partial charge in [0, 0.05) is 31.7 Å². The van der Waals surface area contributed by atoms with Gasteiger partial charge in [0.15, 0.2) is 0 Å². The van der Waals surface area contributed by atoms with E-state index in [4.69, 9.17) is 0 Å². The van der Waals surface area contributed by atoms with E-state index in [9.17, 15) is 14.0 Å². The molecule has 2 aliphatic rings. The minimum atomic E-state index is -0.329. The summed E-state index contributed by atoms with van der Waals surface area (Å²) in [7, 11) is 0. The maximum absolute atomic E-state index is 13.0. The van der Waals surface area contributed by atoms with Crippen molar-refractivity contribution >= 4 is 17.6 Å². The lowest BCUT2D eigenvalue weighted by Crippen LogP contribution is -2.48. The predicted octanol–water partition coefficient (Wildman–Crippen LogP) is 2.37. The zero-order chi connectivity index (χ0) is 16.4. The zero-order valence-corrected chi connectivity index (χ0v) is 13.3. The van der Waals surface area contributed by atoms with Crippen LogP contribution in [-0.2, 0) is 4.79 Å². The molecule has 0 aromatic heterocycles. The molecule has 0 aliphatic carbocycles. The second-order valence-electron chi connectivity index (χ2n) is 6.50. The van der Waals surface area contributed by atoms with Gasteiger partial charge in [-0.1, -0.05) is 6.92 Å². The normalized spacial score (nSPS) is 22.5. The van der Waals surface area contributed by atoms with Crippen molar-refractivity contribution in [1.82, 2.24) is 10.2 Å². The van der Waals surface area contributed by atoms with Gasteiger partial charge in [-0.2, -0.15) is 0 Å². The lowest BCUT2D eigenvalue weighted by molar-refractivity contribution is -0.117. The van der Waals surface area contributed by atoms with Gasteiger partial charge < -0.3 is 15.1 Å². The first-order chi connectivity index (χ1) is 11.0. The second kappa shape index (κ2) is 6.56. The number of likely N-dealkylation sites (tertiary alicyclic amines) is 1. The van der Waals surface area contributed by atoms with E-state index in [-0.39, 0.29) is 30.2 Å². The third-order valence-electron chi connectivity index (χ3n) is 4.66. The number of amides is 3. The summed E-state index contributed by atoms with van der Waals surface area (Å²) in [6, 6.07) is 5.56. The smallest absolute Gasteiger partial charge is 0.317 e. The van der Waals surface area contributed by atoms with E-state index in [0.29, 0.717) is 18.2 Å². The van der Waals surface area contributed by atoms with Crippen molar-refractivity contribution in [2.75, 3.05) is 24.5 Å². The van der Waals surface area contributed by atoms with Crippen molar-refractivity contribution in [3.05, 3.63) is 30.1 Å². The third kappa shape index (κ3) is 3.63. The van der Waals surface area contributed by atoms with Gasteiger partial charge in [0.25, 0.3) is 0 Å². The Morgan fingerprint density at radius 2 is 1.87 bits per heavy atom. The highest BCUT2D eigenvalue weighted by atomic mass is 19.1. The summed E-state index contributed by atoms with van der Waals surface area (Å²) in [4.78, 5) is 27.9. The van der Waals surface area contributed by atoms with Gasteiger partial charge in [0.05, 0.1) is 6.04 Å². The quantitative estimate of drug-likeness (QED) is 0.910. The monoisotopic (exact) mass is 319 g/mol. The number of urea groups is 1. The number of piperidine rings is 1. The second-order valence-corrected chi connectivity index (χ2v) is 6.50. The van der Waals surface area contributed by atoms with Crippen molar-refractivity contribution in [2.24, 2.45) is 5.92 Å². The van der Waals surface area contributed by atoms with Crippen LogP contribution in [0.4, 0.5) is 14.9 Å². The summed E-state index contributed by atoms with van der Waals surface area (Å²) in [6.07, 6.45) is 2.34. The molecule has 3 amide bonds. The van der Waals surface area contributed by atoms with Crippen molar-refractivity contribution < 1.29 is 14.0 Å². The predicted molar refractivity (Wildman–Crippen MR) is 85.7 cm³/mol. The van der Waals surface area contributed by atoms with E-state index in [1.54, 1.807) is 17.0 Å². The molecule has 2 fully saturated rings. The first-order valence-electron chi connectivity index (χ1n) is 8.14. The van der Waals surface area contributed by atoms with E-state index in [1.165, 1.54) is 12.1 Å². The molecular formula is C17H22FN3O2. The number of anilines is 1. The van der Waals surface area contributed by atoms with Crippen LogP contribution in [0.15, 0.2) is 24.3 Å². The molecule has 0 radical (unpaired) electrons. The Morgan fingerprint density at radius 3 is 2.52 bits per heavy atom. The summed E-state index contributed by atoms with van der Waals surface area (Å²) in [5.41, 5.74) is 0.667. The largest absolute Gasteiger partial charge is 0.333 e. The molecule has 2 aliphatic heterocycles. The van der Waals surface area contributed by atoms with Gasteiger partial charge in [0.1, 0.15) is 5.82 Å². The molecule has 1 N–H and O–H groups in total. The first kappa shape index (κ1) is 15.8. The molecule has 0 spiro atoms. The molecule has 2 saturated heterocycles. The summed E-state index contributed by atoms with van der Waals surface area (Å²) in [5, 5.41) is 2.96. The molecule has 1 aromatic rings. The number of hydrogen-bond donors (Lipinski definition) is 1. The average molecular weight is 319 g/mol. The fourth-order valence-electron chi connectivity index (χ4n) is 3.15.